The van der Waals surface area contributed by atoms with Gasteiger partial charge in [-0.25, -0.2) is 4.39 Å². The van der Waals surface area contributed by atoms with Crippen molar-refractivity contribution in [1.29, 1.82) is 0 Å². The maximum atomic E-state index is 13.5. The van der Waals surface area contributed by atoms with Crippen LogP contribution in [0.4, 0.5) is 4.39 Å². The second-order valence-corrected chi connectivity index (χ2v) is 6.92. The summed E-state index contributed by atoms with van der Waals surface area (Å²) in [5, 5.41) is 3.57. The zero-order valence-electron chi connectivity index (χ0n) is 12.9. The molecule has 0 radical (unpaired) electrons. The van der Waals surface area contributed by atoms with Gasteiger partial charge in [-0.2, -0.15) is 0 Å². The Labute approximate surface area is 127 Å². The first-order valence-corrected chi connectivity index (χ1v) is 8.16. The predicted octanol–water partition coefficient (Wildman–Crippen LogP) is 3.41. The molecule has 3 atom stereocenters. The number of ether oxygens (including phenoxy) is 1. The monoisotopic (exact) mass is 291 g/mol. The molecule has 1 aromatic carbocycles. The van der Waals surface area contributed by atoms with Gasteiger partial charge < -0.3 is 10.1 Å². The number of methoxy groups -OCH3 is 1. The van der Waals surface area contributed by atoms with Crippen molar-refractivity contribution >= 4 is 0 Å². The minimum absolute atomic E-state index is 0.113. The van der Waals surface area contributed by atoms with Crippen LogP contribution in [0.25, 0.3) is 0 Å². The van der Waals surface area contributed by atoms with E-state index in [1.54, 1.807) is 13.2 Å². The molecule has 2 aliphatic carbocycles. The quantitative estimate of drug-likeness (QED) is 0.777. The number of hydrogen-bond donors (Lipinski definition) is 1. The molecule has 2 nitrogen and oxygen atoms in total. The van der Waals surface area contributed by atoms with Crippen molar-refractivity contribution < 1.29 is 9.13 Å². The lowest BCUT2D eigenvalue weighted by atomic mass is 9.69. The molecule has 1 aromatic rings. The van der Waals surface area contributed by atoms with Crippen molar-refractivity contribution in [3.63, 3.8) is 0 Å². The Balaban J connectivity index is 1.70. The van der Waals surface area contributed by atoms with Crippen LogP contribution in [0.3, 0.4) is 0 Å². The van der Waals surface area contributed by atoms with Crippen molar-refractivity contribution in [1.82, 2.24) is 5.32 Å². The predicted molar refractivity (Wildman–Crippen MR) is 82.7 cm³/mol. The first-order valence-electron chi connectivity index (χ1n) is 8.16. The molecule has 2 fully saturated rings. The molecule has 3 unspecified atom stereocenters. The van der Waals surface area contributed by atoms with E-state index in [-0.39, 0.29) is 5.82 Å². The highest BCUT2D eigenvalue weighted by molar-refractivity contribution is 5.20. The number of rotatable bonds is 7. The SMILES string of the molecule is COCCNCC1(Cc2cccc(F)c2)CC2CCC1C2. The molecule has 2 bridgehead atoms. The number of nitrogens with one attached hydrogen (secondary N) is 1. The maximum absolute atomic E-state index is 13.5. The molecule has 116 valence electrons. The molecule has 0 aliphatic heterocycles. The highest BCUT2D eigenvalue weighted by Gasteiger charge is 2.50. The zero-order chi connectivity index (χ0) is 14.7. The van der Waals surface area contributed by atoms with Crippen molar-refractivity contribution in [2.24, 2.45) is 17.3 Å². The molecule has 0 heterocycles. The molecule has 0 spiro atoms. The number of benzene rings is 1. The summed E-state index contributed by atoms with van der Waals surface area (Å²) in [6.45, 7) is 2.69. The lowest BCUT2D eigenvalue weighted by Gasteiger charge is -2.38. The molecule has 0 amide bonds. The minimum atomic E-state index is -0.113. The van der Waals surface area contributed by atoms with Gasteiger partial charge in [-0.1, -0.05) is 18.6 Å². The van der Waals surface area contributed by atoms with E-state index in [1.165, 1.54) is 31.7 Å². The average Bonchev–Trinajstić information content (AvgIpc) is 3.05. The molecular weight excluding hydrogens is 265 g/mol. The standard InChI is InChI=1S/C18H26FNO/c1-21-8-7-20-13-18(12-15-5-6-16(18)9-15)11-14-3-2-4-17(19)10-14/h2-4,10,15-16,20H,5-9,11-13H2,1H3. The van der Waals surface area contributed by atoms with E-state index >= 15 is 0 Å². The summed E-state index contributed by atoms with van der Waals surface area (Å²) in [6, 6.07) is 7.16. The van der Waals surface area contributed by atoms with E-state index in [9.17, 15) is 4.39 Å². The van der Waals surface area contributed by atoms with Crippen LogP contribution in [-0.4, -0.2) is 26.8 Å². The third-order valence-electron chi connectivity index (χ3n) is 5.51. The summed E-state index contributed by atoms with van der Waals surface area (Å²) < 4.78 is 18.6. The van der Waals surface area contributed by atoms with Crippen LogP contribution in [0.2, 0.25) is 0 Å². The zero-order valence-corrected chi connectivity index (χ0v) is 12.9. The molecule has 1 N–H and O–H groups in total. The Morgan fingerprint density at radius 2 is 2.29 bits per heavy atom. The van der Waals surface area contributed by atoms with Gasteiger partial charge in [0.05, 0.1) is 6.61 Å². The third kappa shape index (κ3) is 3.29. The van der Waals surface area contributed by atoms with Crippen molar-refractivity contribution in [3.05, 3.63) is 35.6 Å². The molecule has 2 saturated carbocycles. The van der Waals surface area contributed by atoms with E-state index in [0.29, 0.717) is 5.41 Å². The van der Waals surface area contributed by atoms with Gasteiger partial charge in [-0.3, -0.25) is 0 Å². The molecule has 2 aliphatic rings. The van der Waals surface area contributed by atoms with Crippen molar-refractivity contribution in [2.45, 2.75) is 32.1 Å². The van der Waals surface area contributed by atoms with E-state index in [4.69, 9.17) is 4.74 Å². The van der Waals surface area contributed by atoms with Gasteiger partial charge in [0.1, 0.15) is 5.82 Å². The number of fused-ring (bicyclic) bond motifs is 2. The normalized spacial score (nSPS) is 31.0. The molecule has 3 heteroatoms. The van der Waals surface area contributed by atoms with E-state index < -0.39 is 0 Å². The average molecular weight is 291 g/mol. The van der Waals surface area contributed by atoms with Crippen LogP contribution in [0.15, 0.2) is 24.3 Å². The minimum Gasteiger partial charge on any atom is -0.383 e. The molecule has 0 aromatic heterocycles. The van der Waals surface area contributed by atoms with Crippen LogP contribution in [-0.2, 0) is 11.2 Å². The van der Waals surface area contributed by atoms with Gasteiger partial charge in [0.25, 0.3) is 0 Å². The lowest BCUT2D eigenvalue weighted by Crippen LogP contribution is -2.41. The summed E-state index contributed by atoms with van der Waals surface area (Å²) in [5.74, 6) is 1.59. The summed E-state index contributed by atoms with van der Waals surface area (Å²) in [5.41, 5.74) is 1.47. The van der Waals surface area contributed by atoms with Crippen molar-refractivity contribution in [2.75, 3.05) is 26.8 Å². The van der Waals surface area contributed by atoms with Gasteiger partial charge in [0.2, 0.25) is 0 Å². The lowest BCUT2D eigenvalue weighted by molar-refractivity contribution is 0.145. The van der Waals surface area contributed by atoms with E-state index in [2.05, 4.69) is 11.4 Å². The van der Waals surface area contributed by atoms with Crippen LogP contribution in [0, 0.1) is 23.1 Å². The maximum Gasteiger partial charge on any atom is 0.123 e. The second-order valence-electron chi connectivity index (χ2n) is 6.92. The van der Waals surface area contributed by atoms with Gasteiger partial charge in [0, 0.05) is 20.2 Å². The first-order chi connectivity index (χ1) is 10.2. The van der Waals surface area contributed by atoms with Crippen LogP contribution in [0.1, 0.15) is 31.2 Å². The second kappa shape index (κ2) is 6.45. The third-order valence-corrected chi connectivity index (χ3v) is 5.51. The summed E-state index contributed by atoms with van der Waals surface area (Å²) in [4.78, 5) is 0. The van der Waals surface area contributed by atoms with Gasteiger partial charge in [-0.15, -0.1) is 0 Å². The fourth-order valence-electron chi connectivity index (χ4n) is 4.62. The highest BCUT2D eigenvalue weighted by atomic mass is 19.1. The van der Waals surface area contributed by atoms with Crippen LogP contribution < -0.4 is 5.32 Å². The van der Waals surface area contributed by atoms with Crippen LogP contribution in [0.5, 0.6) is 0 Å². The smallest absolute Gasteiger partial charge is 0.123 e. The molecular formula is C18H26FNO. The Morgan fingerprint density at radius 1 is 1.38 bits per heavy atom. The Kier molecular flexibility index (Phi) is 4.60. The first kappa shape index (κ1) is 15.0. The molecule has 21 heavy (non-hydrogen) atoms. The Morgan fingerprint density at radius 3 is 2.95 bits per heavy atom. The number of halogens is 1. The van der Waals surface area contributed by atoms with Crippen LogP contribution >= 0.6 is 0 Å². The Bertz CT molecular complexity index is 478. The fraction of sp³-hybridized carbons (Fsp3) is 0.667. The summed E-state index contributed by atoms with van der Waals surface area (Å²) in [6.07, 6.45) is 6.43. The number of hydrogen-bond acceptors (Lipinski definition) is 2. The van der Waals surface area contributed by atoms with Gasteiger partial charge >= 0.3 is 0 Å². The van der Waals surface area contributed by atoms with E-state index in [1.807, 2.05) is 6.07 Å². The molecule has 0 saturated heterocycles. The topological polar surface area (TPSA) is 21.3 Å². The largest absolute Gasteiger partial charge is 0.383 e. The Hall–Kier alpha value is -0.930. The fourth-order valence-corrected chi connectivity index (χ4v) is 4.62. The van der Waals surface area contributed by atoms with Gasteiger partial charge in [-0.05, 0) is 60.6 Å². The van der Waals surface area contributed by atoms with E-state index in [0.717, 1.165) is 43.5 Å². The molecule has 3 rings (SSSR count). The van der Waals surface area contributed by atoms with Gasteiger partial charge in [0.15, 0.2) is 0 Å². The summed E-state index contributed by atoms with van der Waals surface area (Å²) in [7, 11) is 1.74. The highest BCUT2D eigenvalue weighted by Crippen LogP contribution is 2.57. The van der Waals surface area contributed by atoms with Crippen molar-refractivity contribution in [3.8, 4) is 0 Å². The summed E-state index contributed by atoms with van der Waals surface area (Å²) >= 11 is 0.